The van der Waals surface area contributed by atoms with Crippen LogP contribution in [0.3, 0.4) is 0 Å². The van der Waals surface area contributed by atoms with Crippen LogP contribution in [0.2, 0.25) is 0 Å². The monoisotopic (exact) mass is 478 g/mol. The molecule has 1 N–H and O–H groups in total. The maximum Gasteiger partial charge on any atom is 0.275 e. The van der Waals surface area contributed by atoms with Gasteiger partial charge in [-0.1, -0.05) is 55.3 Å². The summed E-state index contributed by atoms with van der Waals surface area (Å²) in [6.45, 7) is 2.13. The van der Waals surface area contributed by atoms with Gasteiger partial charge in [-0.25, -0.2) is 4.98 Å². The van der Waals surface area contributed by atoms with E-state index in [1.807, 2.05) is 0 Å². The van der Waals surface area contributed by atoms with Crippen LogP contribution < -0.4 is 10.9 Å². The van der Waals surface area contributed by atoms with Crippen molar-refractivity contribution in [1.29, 1.82) is 0 Å². The number of hydrogen-bond donors (Lipinski definition) is 1. The zero-order chi connectivity index (χ0) is 21.6. The van der Waals surface area contributed by atoms with Crippen molar-refractivity contribution in [2.75, 3.05) is 11.1 Å². The quantitative estimate of drug-likeness (QED) is 0.490. The van der Waals surface area contributed by atoms with Crippen LogP contribution in [0.4, 0.5) is 5.13 Å². The van der Waals surface area contributed by atoms with Crippen molar-refractivity contribution in [3.63, 3.8) is 0 Å². The number of hydrogen-bond acceptors (Lipinski definition) is 9. The molecule has 1 aliphatic rings. The van der Waals surface area contributed by atoms with Crippen LogP contribution >= 0.6 is 34.4 Å². The molecule has 166 valence electrons. The first kappa shape index (κ1) is 22.3. The van der Waals surface area contributed by atoms with E-state index in [2.05, 4.69) is 32.5 Å². The number of carbonyl (C=O) groups excluding carboxylic acids is 1. The fourth-order valence-corrected chi connectivity index (χ4v) is 6.20. The molecule has 8 nitrogen and oxygen atoms in total. The Labute approximate surface area is 192 Å². The minimum Gasteiger partial charge on any atom is -0.300 e. The molecule has 3 aromatic heterocycles. The molecule has 0 bridgehead atoms. The predicted octanol–water partition coefficient (Wildman–Crippen LogP) is 4.26. The first-order chi connectivity index (χ1) is 15.1. The van der Waals surface area contributed by atoms with Crippen molar-refractivity contribution >= 4 is 50.4 Å². The first-order valence-corrected chi connectivity index (χ1v) is 13.5. The van der Waals surface area contributed by atoms with Crippen LogP contribution in [-0.2, 0) is 17.0 Å². The molecule has 0 unspecified atom stereocenters. The molecule has 0 atom stereocenters. The standard InChI is InChI=1S/C20H26N6O2S3/c1-2-3-9-16-23-24-19(30-16)22-15(27)12-29-11-14-10-17(28)26-20(21-14)31-18(25-26)13-7-5-4-6-8-13/h10,13H,2-9,11-12H2,1H3,(H,22,24,27). The number of aryl methyl sites for hydroxylation is 1. The maximum atomic E-state index is 12.5. The Balaban J connectivity index is 1.31. The van der Waals surface area contributed by atoms with Crippen molar-refractivity contribution in [3.05, 3.63) is 32.1 Å². The number of aromatic nitrogens is 5. The third-order valence-electron chi connectivity index (χ3n) is 5.21. The smallest absolute Gasteiger partial charge is 0.275 e. The summed E-state index contributed by atoms with van der Waals surface area (Å²) >= 11 is 4.37. The third-order valence-corrected chi connectivity index (χ3v) is 8.14. The van der Waals surface area contributed by atoms with E-state index in [9.17, 15) is 9.59 Å². The van der Waals surface area contributed by atoms with Gasteiger partial charge in [-0.2, -0.15) is 9.61 Å². The Morgan fingerprint density at radius 3 is 2.90 bits per heavy atom. The van der Waals surface area contributed by atoms with Crippen molar-refractivity contribution in [2.24, 2.45) is 0 Å². The van der Waals surface area contributed by atoms with Crippen LogP contribution in [0.1, 0.15) is 73.5 Å². The molecule has 3 heterocycles. The highest BCUT2D eigenvalue weighted by atomic mass is 32.2. The van der Waals surface area contributed by atoms with Gasteiger partial charge in [-0.05, 0) is 19.3 Å². The van der Waals surface area contributed by atoms with Gasteiger partial charge in [0.05, 0.1) is 11.4 Å². The van der Waals surface area contributed by atoms with Gasteiger partial charge in [-0.15, -0.1) is 22.0 Å². The molecule has 3 aromatic rings. The van der Waals surface area contributed by atoms with Crippen molar-refractivity contribution in [3.8, 4) is 0 Å². The van der Waals surface area contributed by atoms with Gasteiger partial charge in [-0.3, -0.25) is 14.9 Å². The van der Waals surface area contributed by atoms with Gasteiger partial charge in [0.15, 0.2) is 0 Å². The Bertz CT molecular complexity index is 1090. The lowest BCUT2D eigenvalue weighted by Crippen LogP contribution is -2.16. The van der Waals surface area contributed by atoms with Gasteiger partial charge in [0.1, 0.15) is 10.0 Å². The number of thioether (sulfide) groups is 1. The van der Waals surface area contributed by atoms with E-state index >= 15 is 0 Å². The van der Waals surface area contributed by atoms with Gasteiger partial charge in [0, 0.05) is 24.2 Å². The molecule has 0 saturated heterocycles. The van der Waals surface area contributed by atoms with Gasteiger partial charge < -0.3 is 0 Å². The Morgan fingerprint density at radius 2 is 2.10 bits per heavy atom. The number of nitrogens with zero attached hydrogens (tertiary/aromatic N) is 5. The second-order valence-corrected chi connectivity index (χ2v) is 10.7. The van der Waals surface area contributed by atoms with E-state index in [1.54, 1.807) is 0 Å². The molecule has 31 heavy (non-hydrogen) atoms. The summed E-state index contributed by atoms with van der Waals surface area (Å²) in [5.41, 5.74) is 0.524. The lowest BCUT2D eigenvalue weighted by Gasteiger charge is -2.18. The number of rotatable bonds is 9. The second-order valence-electron chi connectivity index (χ2n) is 7.70. The molecule has 1 amide bonds. The van der Waals surface area contributed by atoms with Crippen molar-refractivity contribution < 1.29 is 4.79 Å². The normalized spacial score (nSPS) is 14.9. The van der Waals surface area contributed by atoms with E-state index in [0.29, 0.717) is 27.5 Å². The highest BCUT2D eigenvalue weighted by Crippen LogP contribution is 2.34. The summed E-state index contributed by atoms with van der Waals surface area (Å²) in [5, 5.41) is 18.0. The zero-order valence-corrected chi connectivity index (χ0v) is 20.0. The summed E-state index contributed by atoms with van der Waals surface area (Å²) in [6, 6.07) is 1.52. The molecule has 4 rings (SSSR count). The topological polar surface area (TPSA) is 102 Å². The average molecular weight is 479 g/mol. The van der Waals surface area contributed by atoms with E-state index < -0.39 is 0 Å². The molecule has 11 heteroatoms. The van der Waals surface area contributed by atoms with Crippen LogP contribution in [0.15, 0.2) is 10.9 Å². The summed E-state index contributed by atoms with van der Waals surface area (Å²) in [6.07, 6.45) is 9.08. The first-order valence-electron chi connectivity index (χ1n) is 10.7. The highest BCUT2D eigenvalue weighted by Gasteiger charge is 2.20. The van der Waals surface area contributed by atoms with E-state index in [-0.39, 0.29) is 17.2 Å². The largest absolute Gasteiger partial charge is 0.300 e. The number of unbranched alkanes of at least 4 members (excludes halogenated alkanes) is 1. The van der Waals surface area contributed by atoms with E-state index in [1.165, 1.54) is 64.3 Å². The van der Waals surface area contributed by atoms with E-state index in [0.717, 1.165) is 42.1 Å². The minimum absolute atomic E-state index is 0.127. The summed E-state index contributed by atoms with van der Waals surface area (Å²) in [4.78, 5) is 29.9. The number of carbonyl (C=O) groups is 1. The van der Waals surface area contributed by atoms with Crippen LogP contribution in [0, 0.1) is 0 Å². The second kappa shape index (κ2) is 10.6. The molecule has 0 spiro atoms. The summed E-state index contributed by atoms with van der Waals surface area (Å²) in [7, 11) is 0. The van der Waals surface area contributed by atoms with Crippen LogP contribution in [-0.4, -0.2) is 36.5 Å². The fourth-order valence-electron chi connectivity index (χ4n) is 3.60. The molecule has 0 aromatic carbocycles. The van der Waals surface area contributed by atoms with Gasteiger partial charge >= 0.3 is 0 Å². The molecule has 1 saturated carbocycles. The molecular weight excluding hydrogens is 452 g/mol. The van der Waals surface area contributed by atoms with Crippen LogP contribution in [0.25, 0.3) is 4.96 Å². The fraction of sp³-hybridized carbons (Fsp3) is 0.600. The van der Waals surface area contributed by atoms with Crippen molar-refractivity contribution in [1.82, 2.24) is 24.8 Å². The lowest BCUT2D eigenvalue weighted by atomic mass is 9.90. The number of anilines is 1. The Morgan fingerprint density at radius 1 is 1.26 bits per heavy atom. The SMILES string of the molecule is CCCCc1nnc(NC(=O)CSCc2cc(=O)n3nc(C4CCCCC4)sc3n2)s1. The van der Waals surface area contributed by atoms with Gasteiger partial charge in [0.25, 0.3) is 5.56 Å². The molecule has 0 aliphatic heterocycles. The predicted molar refractivity (Wildman–Crippen MR) is 126 cm³/mol. The third kappa shape index (κ3) is 5.89. The average Bonchev–Trinajstić information content (AvgIpc) is 3.40. The summed E-state index contributed by atoms with van der Waals surface area (Å²) < 4.78 is 1.42. The zero-order valence-electron chi connectivity index (χ0n) is 17.5. The lowest BCUT2D eigenvalue weighted by molar-refractivity contribution is -0.113. The molecular formula is C20H26N6O2S3. The number of fused-ring (bicyclic) bond motifs is 1. The van der Waals surface area contributed by atoms with Crippen molar-refractivity contribution in [2.45, 2.75) is 70.0 Å². The Kier molecular flexibility index (Phi) is 7.67. The minimum atomic E-state index is -0.156. The molecule has 0 radical (unpaired) electrons. The van der Waals surface area contributed by atoms with Gasteiger partial charge in [0.2, 0.25) is 16.0 Å². The molecule has 1 aliphatic carbocycles. The van der Waals surface area contributed by atoms with E-state index in [4.69, 9.17) is 0 Å². The maximum absolute atomic E-state index is 12.5. The van der Waals surface area contributed by atoms with Crippen LogP contribution in [0.5, 0.6) is 0 Å². The highest BCUT2D eigenvalue weighted by molar-refractivity contribution is 7.99. The number of nitrogens with one attached hydrogen (secondary N) is 1. The Hall–Kier alpha value is -1.85. The molecule has 1 fully saturated rings. The summed E-state index contributed by atoms with van der Waals surface area (Å²) in [5.74, 6) is 1.08. The number of amides is 1.